The largest absolute Gasteiger partial charge is 0.368 e. The number of thioether (sulfide) groups is 1. The van der Waals surface area contributed by atoms with Gasteiger partial charge in [-0.15, -0.1) is 11.8 Å². The zero-order valence-corrected chi connectivity index (χ0v) is 13.3. The van der Waals surface area contributed by atoms with Crippen molar-refractivity contribution in [1.82, 2.24) is 15.1 Å². The number of aromatic nitrogens is 2. The number of anilines is 1. The first-order valence-electron chi connectivity index (χ1n) is 7.53. The van der Waals surface area contributed by atoms with Gasteiger partial charge in [-0.25, -0.2) is 4.68 Å². The van der Waals surface area contributed by atoms with Gasteiger partial charge in [-0.3, -0.25) is 4.79 Å². The average Bonchev–Trinajstić information content (AvgIpc) is 2.58. The molecular formula is C16H20N4OS. The van der Waals surface area contributed by atoms with Crippen molar-refractivity contribution in [1.29, 1.82) is 0 Å². The van der Waals surface area contributed by atoms with Crippen molar-refractivity contribution < 1.29 is 0 Å². The molecule has 1 N–H and O–H groups in total. The summed E-state index contributed by atoms with van der Waals surface area (Å²) in [6.07, 6.45) is 1.81. The van der Waals surface area contributed by atoms with E-state index in [0.717, 1.165) is 37.6 Å². The molecule has 6 heteroatoms. The molecule has 0 amide bonds. The highest BCUT2D eigenvalue weighted by molar-refractivity contribution is 7.99. The molecule has 0 atom stereocenters. The van der Waals surface area contributed by atoms with Gasteiger partial charge in [0, 0.05) is 42.9 Å². The van der Waals surface area contributed by atoms with Crippen LogP contribution in [0.2, 0.25) is 0 Å². The van der Waals surface area contributed by atoms with Crippen molar-refractivity contribution in [2.24, 2.45) is 0 Å². The second-order valence-corrected chi connectivity index (χ2v) is 6.34. The lowest BCUT2D eigenvalue weighted by atomic mass is 10.3. The smallest absolute Gasteiger partial charge is 0.268 e. The highest BCUT2D eigenvalue weighted by Crippen LogP contribution is 2.16. The molecule has 0 spiro atoms. The number of nitrogens with one attached hydrogen (secondary N) is 1. The van der Waals surface area contributed by atoms with Crippen molar-refractivity contribution in [3.63, 3.8) is 0 Å². The molecule has 2 heterocycles. The van der Waals surface area contributed by atoms with Gasteiger partial charge in [0.1, 0.15) is 0 Å². The molecule has 0 saturated carbocycles. The van der Waals surface area contributed by atoms with Gasteiger partial charge in [0.25, 0.3) is 5.56 Å². The monoisotopic (exact) mass is 316 g/mol. The maximum atomic E-state index is 12.2. The summed E-state index contributed by atoms with van der Waals surface area (Å²) in [6, 6.07) is 11.9. The first-order valence-corrected chi connectivity index (χ1v) is 8.52. The molecule has 0 radical (unpaired) electrons. The Morgan fingerprint density at radius 2 is 1.95 bits per heavy atom. The fraction of sp³-hybridized carbons (Fsp3) is 0.375. The lowest BCUT2D eigenvalue weighted by Gasteiger charge is -2.28. The van der Waals surface area contributed by atoms with Crippen LogP contribution in [0.4, 0.5) is 5.69 Å². The Morgan fingerprint density at radius 1 is 1.18 bits per heavy atom. The van der Waals surface area contributed by atoms with Gasteiger partial charge in [0.05, 0.1) is 18.4 Å². The topological polar surface area (TPSA) is 50.2 Å². The van der Waals surface area contributed by atoms with Crippen LogP contribution in [0.1, 0.15) is 0 Å². The van der Waals surface area contributed by atoms with Crippen molar-refractivity contribution in [2.45, 2.75) is 11.4 Å². The summed E-state index contributed by atoms with van der Waals surface area (Å²) in [4.78, 5) is 15.6. The summed E-state index contributed by atoms with van der Waals surface area (Å²) in [5, 5.41) is 7.62. The van der Waals surface area contributed by atoms with Gasteiger partial charge < -0.3 is 10.2 Å². The lowest BCUT2D eigenvalue weighted by Crippen LogP contribution is -2.44. The molecule has 1 aliphatic heterocycles. The van der Waals surface area contributed by atoms with Crippen molar-refractivity contribution >= 4 is 17.4 Å². The fourth-order valence-corrected chi connectivity index (χ4v) is 3.30. The van der Waals surface area contributed by atoms with Crippen LogP contribution in [0.3, 0.4) is 0 Å². The summed E-state index contributed by atoms with van der Waals surface area (Å²) in [7, 11) is 0. The van der Waals surface area contributed by atoms with E-state index in [9.17, 15) is 4.79 Å². The SMILES string of the molecule is O=c1cc(N2CCNCC2)cnn1CCSc1ccccc1. The van der Waals surface area contributed by atoms with Crippen molar-refractivity contribution in [2.75, 3.05) is 36.8 Å². The Labute approximate surface area is 134 Å². The highest BCUT2D eigenvalue weighted by atomic mass is 32.2. The Kier molecular flexibility index (Phi) is 5.13. The van der Waals surface area contributed by atoms with E-state index < -0.39 is 0 Å². The van der Waals surface area contributed by atoms with Crippen LogP contribution in [0.5, 0.6) is 0 Å². The van der Waals surface area contributed by atoms with Crippen LogP contribution >= 0.6 is 11.8 Å². The van der Waals surface area contributed by atoms with Gasteiger partial charge >= 0.3 is 0 Å². The summed E-state index contributed by atoms with van der Waals surface area (Å²) in [5.41, 5.74) is 0.906. The number of rotatable bonds is 5. The number of piperazine rings is 1. The normalized spacial score (nSPS) is 15.0. The average molecular weight is 316 g/mol. The molecule has 1 fully saturated rings. The summed E-state index contributed by atoms with van der Waals surface area (Å²) in [6.45, 7) is 4.39. The molecule has 5 nitrogen and oxygen atoms in total. The van der Waals surface area contributed by atoms with E-state index in [0.29, 0.717) is 6.54 Å². The molecule has 1 aromatic heterocycles. The Balaban J connectivity index is 1.59. The molecule has 1 aliphatic rings. The Bertz CT molecular complexity index is 653. The summed E-state index contributed by atoms with van der Waals surface area (Å²) < 4.78 is 1.54. The predicted molar refractivity (Wildman–Crippen MR) is 90.7 cm³/mol. The quantitative estimate of drug-likeness (QED) is 0.846. The minimum Gasteiger partial charge on any atom is -0.368 e. The van der Waals surface area contributed by atoms with Crippen LogP contribution in [-0.4, -0.2) is 41.7 Å². The van der Waals surface area contributed by atoms with Crippen LogP contribution in [0.15, 0.2) is 52.3 Å². The first-order chi connectivity index (χ1) is 10.8. The lowest BCUT2D eigenvalue weighted by molar-refractivity contribution is 0.579. The Hall–Kier alpha value is -1.79. The van der Waals surface area contributed by atoms with Crippen molar-refractivity contribution in [3.05, 3.63) is 52.9 Å². The molecule has 116 valence electrons. The summed E-state index contributed by atoms with van der Waals surface area (Å²) >= 11 is 1.74. The zero-order valence-electron chi connectivity index (χ0n) is 12.4. The fourth-order valence-electron chi connectivity index (χ4n) is 2.45. The minimum atomic E-state index is -0.0234. The molecule has 1 aromatic carbocycles. The van der Waals surface area contributed by atoms with Gasteiger partial charge in [0.2, 0.25) is 0 Å². The van der Waals surface area contributed by atoms with E-state index in [1.165, 1.54) is 4.90 Å². The predicted octanol–water partition coefficient (Wildman–Crippen LogP) is 1.45. The second kappa shape index (κ2) is 7.47. The molecule has 22 heavy (non-hydrogen) atoms. The molecule has 2 aromatic rings. The Morgan fingerprint density at radius 3 is 2.68 bits per heavy atom. The third-order valence-corrected chi connectivity index (χ3v) is 4.64. The molecule has 1 saturated heterocycles. The van der Waals surface area contributed by atoms with E-state index in [-0.39, 0.29) is 5.56 Å². The minimum absolute atomic E-state index is 0.0234. The molecule has 3 rings (SSSR count). The van der Waals surface area contributed by atoms with Crippen LogP contribution in [0.25, 0.3) is 0 Å². The third-order valence-electron chi connectivity index (χ3n) is 3.65. The maximum Gasteiger partial charge on any atom is 0.268 e. The van der Waals surface area contributed by atoms with E-state index in [1.807, 2.05) is 18.2 Å². The van der Waals surface area contributed by atoms with Crippen molar-refractivity contribution in [3.8, 4) is 0 Å². The molecule has 0 aliphatic carbocycles. The second-order valence-electron chi connectivity index (χ2n) is 5.17. The highest BCUT2D eigenvalue weighted by Gasteiger charge is 2.11. The number of benzene rings is 1. The maximum absolute atomic E-state index is 12.2. The summed E-state index contributed by atoms with van der Waals surface area (Å²) in [5.74, 6) is 0.837. The van der Waals surface area contributed by atoms with Gasteiger partial charge in [0.15, 0.2) is 0 Å². The zero-order chi connectivity index (χ0) is 15.2. The number of nitrogens with zero attached hydrogens (tertiary/aromatic N) is 3. The van der Waals surface area contributed by atoms with Crippen LogP contribution in [0, 0.1) is 0 Å². The standard InChI is InChI=1S/C16H20N4OS/c21-16-12-14(19-8-6-17-7-9-19)13-18-20(16)10-11-22-15-4-2-1-3-5-15/h1-5,12-13,17H,6-11H2. The van der Waals surface area contributed by atoms with E-state index in [1.54, 1.807) is 28.7 Å². The molecule has 0 bridgehead atoms. The van der Waals surface area contributed by atoms with Gasteiger partial charge in [-0.1, -0.05) is 18.2 Å². The van der Waals surface area contributed by atoms with Crippen LogP contribution in [-0.2, 0) is 6.54 Å². The van der Waals surface area contributed by atoms with Gasteiger partial charge in [-0.2, -0.15) is 5.10 Å². The first kappa shape index (κ1) is 15.1. The number of aryl methyl sites for hydroxylation is 1. The molecular weight excluding hydrogens is 296 g/mol. The van der Waals surface area contributed by atoms with E-state index in [2.05, 4.69) is 27.4 Å². The number of hydrogen-bond donors (Lipinski definition) is 1. The van der Waals surface area contributed by atoms with Gasteiger partial charge in [-0.05, 0) is 12.1 Å². The van der Waals surface area contributed by atoms with E-state index in [4.69, 9.17) is 0 Å². The number of hydrogen-bond acceptors (Lipinski definition) is 5. The van der Waals surface area contributed by atoms with Crippen LogP contribution < -0.4 is 15.8 Å². The molecule has 0 unspecified atom stereocenters. The van der Waals surface area contributed by atoms with E-state index >= 15 is 0 Å². The third kappa shape index (κ3) is 3.90.